The number of benzene rings is 1. The topological polar surface area (TPSA) is 92.6 Å². The number of carbonyl (C=O) groups is 1. The number of hydrogen-bond acceptors (Lipinski definition) is 5. The molecule has 26 heavy (non-hydrogen) atoms. The van der Waals surface area contributed by atoms with Crippen molar-refractivity contribution in [3.63, 3.8) is 0 Å². The van der Waals surface area contributed by atoms with Crippen LogP contribution in [0.25, 0.3) is 11.0 Å². The highest BCUT2D eigenvalue weighted by Crippen LogP contribution is 2.22. The van der Waals surface area contributed by atoms with Gasteiger partial charge in [-0.15, -0.1) is 0 Å². The molecule has 0 aliphatic heterocycles. The summed E-state index contributed by atoms with van der Waals surface area (Å²) in [5.41, 5.74) is 5.94. The van der Waals surface area contributed by atoms with Gasteiger partial charge in [0.25, 0.3) is 5.91 Å². The Balaban J connectivity index is 1.93. The van der Waals surface area contributed by atoms with Crippen molar-refractivity contribution in [2.75, 3.05) is 6.54 Å². The van der Waals surface area contributed by atoms with E-state index in [1.54, 1.807) is 25.1 Å². The van der Waals surface area contributed by atoms with Gasteiger partial charge in [0.2, 0.25) is 0 Å². The van der Waals surface area contributed by atoms with Crippen LogP contribution in [0.15, 0.2) is 33.5 Å². The molecule has 7 nitrogen and oxygen atoms in total. The second-order valence-electron chi connectivity index (χ2n) is 5.89. The molecule has 0 radical (unpaired) electrons. The van der Waals surface area contributed by atoms with Crippen LogP contribution in [0.3, 0.4) is 0 Å². The fraction of sp³-hybridized carbons (Fsp3) is 0.389. The van der Waals surface area contributed by atoms with E-state index in [1.807, 2.05) is 6.92 Å². The van der Waals surface area contributed by atoms with E-state index in [0.717, 1.165) is 30.3 Å². The molecule has 0 bridgehead atoms. The summed E-state index contributed by atoms with van der Waals surface area (Å²) >= 11 is 5.06. The lowest BCUT2D eigenvalue weighted by atomic mass is 10.1. The predicted octanol–water partition coefficient (Wildman–Crippen LogP) is 2.16. The molecule has 1 amide bonds. The lowest BCUT2D eigenvalue weighted by Crippen LogP contribution is -2.50. The van der Waals surface area contributed by atoms with Gasteiger partial charge < -0.3 is 14.5 Å². The molecular formula is C18H23N3O4S. The minimum absolute atomic E-state index is 0.349. The van der Waals surface area contributed by atoms with Crippen LogP contribution in [0.4, 0.5) is 0 Å². The molecule has 0 fully saturated rings. The summed E-state index contributed by atoms with van der Waals surface area (Å²) in [4.78, 5) is 23.6. The van der Waals surface area contributed by atoms with Gasteiger partial charge in [0.1, 0.15) is 11.3 Å². The van der Waals surface area contributed by atoms with E-state index in [0.29, 0.717) is 16.4 Å². The fourth-order valence-corrected chi connectivity index (χ4v) is 2.43. The average Bonchev–Trinajstić information content (AvgIpc) is 2.59. The molecule has 0 aliphatic rings. The van der Waals surface area contributed by atoms with Gasteiger partial charge in [0.05, 0.1) is 0 Å². The molecule has 0 saturated heterocycles. The van der Waals surface area contributed by atoms with Crippen LogP contribution in [-0.4, -0.2) is 23.7 Å². The van der Waals surface area contributed by atoms with E-state index < -0.39 is 11.7 Å². The number of fused-ring (bicyclic) bond motifs is 1. The zero-order valence-corrected chi connectivity index (χ0v) is 15.9. The molecule has 2 aromatic rings. The second-order valence-corrected chi connectivity index (χ2v) is 6.30. The second kappa shape index (κ2) is 9.19. The lowest BCUT2D eigenvalue weighted by molar-refractivity contribution is -0.127. The van der Waals surface area contributed by atoms with Gasteiger partial charge in [-0.1, -0.05) is 13.3 Å². The molecular weight excluding hydrogens is 354 g/mol. The summed E-state index contributed by atoms with van der Waals surface area (Å²) in [6, 6.07) is 6.54. The quantitative estimate of drug-likeness (QED) is 0.307. The molecule has 3 N–H and O–H groups in total. The highest BCUT2D eigenvalue weighted by Gasteiger charge is 2.15. The van der Waals surface area contributed by atoms with Crippen LogP contribution in [-0.2, 0) is 4.79 Å². The maximum absolute atomic E-state index is 12.1. The third kappa shape index (κ3) is 5.45. The Kier molecular flexibility index (Phi) is 6.97. The van der Waals surface area contributed by atoms with Crippen LogP contribution in [0.5, 0.6) is 5.75 Å². The highest BCUT2D eigenvalue weighted by molar-refractivity contribution is 7.80. The van der Waals surface area contributed by atoms with Crippen molar-refractivity contribution in [2.24, 2.45) is 0 Å². The Bertz CT molecular complexity index is 850. The standard InChI is InChI=1S/C18H23N3O4S/c1-4-5-8-19-18(26)21-20-17(23)12(3)24-13-6-7-14-11(2)9-16(22)25-15(14)10-13/h6-7,9-10,12H,4-5,8H2,1-3H3,(H,20,23)(H2,19,21,26)/t12-/m1/s1. The molecule has 8 heteroatoms. The minimum atomic E-state index is -0.769. The predicted molar refractivity (Wildman–Crippen MR) is 104 cm³/mol. The average molecular weight is 377 g/mol. The van der Waals surface area contributed by atoms with Crippen molar-refractivity contribution in [3.8, 4) is 5.75 Å². The molecule has 0 unspecified atom stereocenters. The van der Waals surface area contributed by atoms with Gasteiger partial charge in [0, 0.05) is 24.1 Å². The van der Waals surface area contributed by atoms with Gasteiger partial charge in [-0.25, -0.2) is 4.79 Å². The van der Waals surface area contributed by atoms with Gasteiger partial charge >= 0.3 is 5.63 Å². The zero-order valence-electron chi connectivity index (χ0n) is 15.0. The van der Waals surface area contributed by atoms with E-state index in [4.69, 9.17) is 21.4 Å². The zero-order chi connectivity index (χ0) is 19.1. The first-order valence-corrected chi connectivity index (χ1v) is 8.86. The smallest absolute Gasteiger partial charge is 0.336 e. The number of hydrazine groups is 1. The first kappa shape index (κ1) is 19.7. The maximum atomic E-state index is 12.1. The molecule has 1 aromatic carbocycles. The van der Waals surface area contributed by atoms with Crippen LogP contribution >= 0.6 is 12.2 Å². The van der Waals surface area contributed by atoms with Crippen LogP contribution < -0.4 is 26.5 Å². The molecule has 2 rings (SSSR count). The monoisotopic (exact) mass is 377 g/mol. The van der Waals surface area contributed by atoms with Crippen LogP contribution in [0.1, 0.15) is 32.3 Å². The third-order valence-electron chi connectivity index (χ3n) is 3.72. The summed E-state index contributed by atoms with van der Waals surface area (Å²) < 4.78 is 10.8. The number of thiocarbonyl (C=S) groups is 1. The maximum Gasteiger partial charge on any atom is 0.336 e. The Morgan fingerprint density at radius 2 is 2.08 bits per heavy atom. The molecule has 1 atom stereocenters. The van der Waals surface area contributed by atoms with Crippen molar-refractivity contribution in [1.29, 1.82) is 0 Å². The summed E-state index contributed by atoms with van der Waals surface area (Å²) in [5.74, 6) is 0.0491. The number of unbranched alkanes of at least 4 members (excludes halogenated alkanes) is 1. The number of carbonyl (C=O) groups excluding carboxylic acids is 1. The van der Waals surface area contributed by atoms with Crippen LogP contribution in [0, 0.1) is 6.92 Å². The van der Waals surface area contributed by atoms with E-state index in [1.165, 1.54) is 6.07 Å². The highest BCUT2D eigenvalue weighted by atomic mass is 32.1. The van der Waals surface area contributed by atoms with Crippen molar-refractivity contribution in [1.82, 2.24) is 16.2 Å². The number of hydrogen-bond donors (Lipinski definition) is 3. The molecule has 1 heterocycles. The number of amides is 1. The Hall–Kier alpha value is -2.61. The van der Waals surface area contributed by atoms with E-state index in [2.05, 4.69) is 23.1 Å². The van der Waals surface area contributed by atoms with Gasteiger partial charge in [-0.2, -0.15) is 0 Å². The minimum Gasteiger partial charge on any atom is -0.481 e. The lowest BCUT2D eigenvalue weighted by Gasteiger charge is -2.16. The Labute approximate surface area is 157 Å². The molecule has 0 aliphatic carbocycles. The van der Waals surface area contributed by atoms with Crippen molar-refractivity contribution in [3.05, 3.63) is 40.2 Å². The number of rotatable bonds is 6. The van der Waals surface area contributed by atoms with E-state index >= 15 is 0 Å². The SMILES string of the molecule is CCCCNC(=S)NNC(=O)[C@@H](C)Oc1ccc2c(C)cc(=O)oc2c1. The Morgan fingerprint density at radius 3 is 2.81 bits per heavy atom. The van der Waals surface area contributed by atoms with Crippen LogP contribution in [0.2, 0.25) is 0 Å². The van der Waals surface area contributed by atoms with Gasteiger partial charge in [-0.3, -0.25) is 15.6 Å². The number of nitrogens with one attached hydrogen (secondary N) is 3. The largest absolute Gasteiger partial charge is 0.481 e. The molecule has 140 valence electrons. The van der Waals surface area contributed by atoms with E-state index in [9.17, 15) is 9.59 Å². The molecule has 1 aromatic heterocycles. The molecule has 0 saturated carbocycles. The van der Waals surface area contributed by atoms with Gasteiger partial charge in [-0.05, 0) is 50.2 Å². The van der Waals surface area contributed by atoms with Gasteiger partial charge in [0.15, 0.2) is 11.2 Å². The Morgan fingerprint density at radius 1 is 1.31 bits per heavy atom. The first-order chi connectivity index (χ1) is 12.4. The summed E-state index contributed by atoms with van der Waals surface area (Å²) in [7, 11) is 0. The fourth-order valence-electron chi connectivity index (χ4n) is 2.28. The van der Waals surface area contributed by atoms with Crippen molar-refractivity contribution in [2.45, 2.75) is 39.7 Å². The number of aryl methyl sites for hydroxylation is 1. The summed E-state index contributed by atoms with van der Waals surface area (Å²) in [6.45, 7) is 6.27. The molecule has 0 spiro atoms. The first-order valence-electron chi connectivity index (χ1n) is 8.45. The third-order valence-corrected chi connectivity index (χ3v) is 3.97. The summed E-state index contributed by atoms with van der Waals surface area (Å²) in [6.07, 6.45) is 1.28. The van der Waals surface area contributed by atoms with Crippen molar-refractivity contribution < 1.29 is 13.9 Å². The number of ether oxygens (including phenoxy) is 1. The van der Waals surface area contributed by atoms with Crippen molar-refractivity contribution >= 4 is 34.2 Å². The summed E-state index contributed by atoms with van der Waals surface area (Å²) in [5, 5.41) is 4.15. The normalized spacial score (nSPS) is 11.7. The van der Waals surface area contributed by atoms with E-state index in [-0.39, 0.29) is 5.91 Å².